The summed E-state index contributed by atoms with van der Waals surface area (Å²) in [4.78, 5) is 4.38. The van der Waals surface area contributed by atoms with Gasteiger partial charge in [0.15, 0.2) is 0 Å². The highest BCUT2D eigenvalue weighted by atomic mass is 16.5. The largest absolute Gasteiger partial charge is 0.494 e. The van der Waals surface area contributed by atoms with E-state index in [1.807, 2.05) is 30.3 Å². The van der Waals surface area contributed by atoms with Crippen molar-refractivity contribution in [1.82, 2.24) is 4.90 Å². The van der Waals surface area contributed by atoms with Crippen LogP contribution in [-0.2, 0) is 0 Å². The zero-order valence-corrected chi connectivity index (χ0v) is 15.0. The average Bonchev–Trinajstić information content (AvgIpc) is 2.60. The fraction of sp³-hybridized carbons (Fsp3) is 0.400. The minimum atomic E-state index is 0.123. The van der Waals surface area contributed by atoms with Crippen LogP contribution in [0.2, 0.25) is 0 Å². The molecule has 1 atom stereocenters. The summed E-state index contributed by atoms with van der Waals surface area (Å²) in [7, 11) is 6.23. The highest BCUT2D eigenvalue weighted by Gasteiger charge is 2.16. The molecular weight excluding hydrogens is 298 g/mol. The van der Waals surface area contributed by atoms with Gasteiger partial charge in [-0.15, -0.1) is 0 Å². The number of rotatable bonds is 9. The molecule has 2 aromatic rings. The first-order valence-corrected chi connectivity index (χ1v) is 8.47. The lowest BCUT2D eigenvalue weighted by atomic mass is 10.0. The standard InChI is InChI=1S/C20H29N3O/c1-22(2)13-8-14-24-19-12-7-9-17(15-19)20(16-21)23(3)18-10-5-4-6-11-18/h4-7,9-12,15,20H,8,13-14,16,21H2,1-3H3. The van der Waals surface area contributed by atoms with Gasteiger partial charge < -0.3 is 20.3 Å². The zero-order chi connectivity index (χ0) is 17.4. The monoisotopic (exact) mass is 327 g/mol. The Morgan fingerprint density at radius 1 is 1.00 bits per heavy atom. The molecule has 4 nitrogen and oxygen atoms in total. The summed E-state index contributed by atoms with van der Waals surface area (Å²) >= 11 is 0. The van der Waals surface area contributed by atoms with Gasteiger partial charge >= 0.3 is 0 Å². The predicted molar refractivity (Wildman–Crippen MR) is 102 cm³/mol. The lowest BCUT2D eigenvalue weighted by molar-refractivity contribution is 0.281. The Kier molecular flexibility index (Phi) is 7.09. The van der Waals surface area contributed by atoms with Crippen LogP contribution in [0.25, 0.3) is 0 Å². The molecule has 1 unspecified atom stereocenters. The third-order valence-electron chi connectivity index (χ3n) is 4.12. The van der Waals surface area contributed by atoms with Crippen LogP contribution in [0.5, 0.6) is 5.75 Å². The minimum absolute atomic E-state index is 0.123. The van der Waals surface area contributed by atoms with E-state index in [1.165, 1.54) is 5.56 Å². The SMILES string of the molecule is CN(C)CCCOc1cccc(C(CN)N(C)c2ccccc2)c1. The van der Waals surface area contributed by atoms with Crippen molar-refractivity contribution >= 4 is 5.69 Å². The molecule has 0 amide bonds. The fourth-order valence-electron chi connectivity index (χ4n) is 2.74. The molecule has 130 valence electrons. The molecule has 2 N–H and O–H groups in total. The molecule has 24 heavy (non-hydrogen) atoms. The van der Waals surface area contributed by atoms with Crippen molar-refractivity contribution < 1.29 is 4.74 Å². The van der Waals surface area contributed by atoms with E-state index in [9.17, 15) is 0 Å². The van der Waals surface area contributed by atoms with Crippen LogP contribution in [0.1, 0.15) is 18.0 Å². The first-order valence-electron chi connectivity index (χ1n) is 8.47. The van der Waals surface area contributed by atoms with E-state index >= 15 is 0 Å². The summed E-state index contributed by atoms with van der Waals surface area (Å²) in [6.45, 7) is 2.31. The number of likely N-dealkylation sites (N-methyl/N-ethyl adjacent to an activating group) is 1. The van der Waals surface area contributed by atoms with Gasteiger partial charge in [-0.25, -0.2) is 0 Å². The van der Waals surface area contributed by atoms with E-state index in [2.05, 4.69) is 55.2 Å². The fourth-order valence-corrected chi connectivity index (χ4v) is 2.74. The third kappa shape index (κ3) is 5.25. The first-order chi connectivity index (χ1) is 11.6. The van der Waals surface area contributed by atoms with Crippen molar-refractivity contribution in [1.29, 1.82) is 0 Å². The van der Waals surface area contributed by atoms with Gasteiger partial charge in [0.05, 0.1) is 12.6 Å². The Bertz CT molecular complexity index is 601. The smallest absolute Gasteiger partial charge is 0.119 e. The molecule has 0 saturated heterocycles. The summed E-state index contributed by atoms with van der Waals surface area (Å²) in [5.41, 5.74) is 8.39. The number of ether oxygens (including phenoxy) is 1. The average molecular weight is 327 g/mol. The number of hydrogen-bond acceptors (Lipinski definition) is 4. The van der Waals surface area contributed by atoms with E-state index in [1.54, 1.807) is 0 Å². The third-order valence-corrected chi connectivity index (χ3v) is 4.12. The summed E-state index contributed by atoms with van der Waals surface area (Å²) in [5.74, 6) is 0.908. The van der Waals surface area contributed by atoms with Crippen LogP contribution in [0.3, 0.4) is 0 Å². The van der Waals surface area contributed by atoms with Crippen molar-refractivity contribution in [3.8, 4) is 5.75 Å². The van der Waals surface area contributed by atoms with E-state index in [-0.39, 0.29) is 6.04 Å². The minimum Gasteiger partial charge on any atom is -0.494 e. The number of nitrogens with two attached hydrogens (primary N) is 1. The molecule has 0 aromatic heterocycles. The van der Waals surface area contributed by atoms with E-state index in [0.717, 1.165) is 31.0 Å². The van der Waals surface area contributed by atoms with E-state index in [0.29, 0.717) is 6.54 Å². The molecule has 0 aliphatic rings. The van der Waals surface area contributed by atoms with Gasteiger partial charge in [0, 0.05) is 25.8 Å². The number of para-hydroxylation sites is 1. The highest BCUT2D eigenvalue weighted by Crippen LogP contribution is 2.27. The van der Waals surface area contributed by atoms with Gasteiger partial charge in [-0.2, -0.15) is 0 Å². The Labute approximate surface area is 145 Å². The van der Waals surface area contributed by atoms with Crippen molar-refractivity contribution in [3.63, 3.8) is 0 Å². The maximum absolute atomic E-state index is 6.06. The molecule has 0 aliphatic heterocycles. The van der Waals surface area contributed by atoms with Crippen LogP contribution in [0, 0.1) is 0 Å². The molecule has 4 heteroatoms. The maximum Gasteiger partial charge on any atom is 0.119 e. The van der Waals surface area contributed by atoms with Gasteiger partial charge in [0.25, 0.3) is 0 Å². The number of nitrogens with zero attached hydrogens (tertiary/aromatic N) is 2. The first kappa shape index (κ1) is 18.3. The van der Waals surface area contributed by atoms with Crippen molar-refractivity contribution in [2.45, 2.75) is 12.5 Å². The molecule has 0 saturated carbocycles. The van der Waals surface area contributed by atoms with Crippen molar-refractivity contribution in [3.05, 3.63) is 60.2 Å². The Hall–Kier alpha value is -2.04. The normalized spacial score (nSPS) is 12.2. The van der Waals surface area contributed by atoms with Gasteiger partial charge in [-0.05, 0) is 50.3 Å². The molecule has 0 spiro atoms. The Morgan fingerprint density at radius 3 is 2.42 bits per heavy atom. The van der Waals surface area contributed by atoms with Crippen LogP contribution in [-0.4, -0.2) is 45.7 Å². The molecule has 0 heterocycles. The topological polar surface area (TPSA) is 41.7 Å². The lowest BCUT2D eigenvalue weighted by Crippen LogP contribution is -2.30. The maximum atomic E-state index is 6.06. The van der Waals surface area contributed by atoms with Crippen molar-refractivity contribution in [2.75, 3.05) is 45.7 Å². The molecule has 0 bridgehead atoms. The molecule has 0 radical (unpaired) electrons. The second-order valence-electron chi connectivity index (χ2n) is 6.28. The van der Waals surface area contributed by atoms with Gasteiger partial charge in [-0.3, -0.25) is 0 Å². The summed E-state index contributed by atoms with van der Waals surface area (Å²) in [6, 6.07) is 18.7. The predicted octanol–water partition coefficient (Wildman–Crippen LogP) is 3.15. The van der Waals surface area contributed by atoms with Gasteiger partial charge in [0.2, 0.25) is 0 Å². The van der Waals surface area contributed by atoms with Crippen LogP contribution >= 0.6 is 0 Å². The molecule has 0 fully saturated rings. The van der Waals surface area contributed by atoms with E-state index < -0.39 is 0 Å². The molecule has 0 aliphatic carbocycles. The Balaban J connectivity index is 2.05. The summed E-state index contributed by atoms with van der Waals surface area (Å²) < 4.78 is 5.89. The summed E-state index contributed by atoms with van der Waals surface area (Å²) in [5, 5.41) is 0. The second kappa shape index (κ2) is 9.30. The van der Waals surface area contributed by atoms with Crippen LogP contribution in [0.4, 0.5) is 5.69 Å². The van der Waals surface area contributed by atoms with E-state index in [4.69, 9.17) is 10.5 Å². The second-order valence-corrected chi connectivity index (χ2v) is 6.28. The van der Waals surface area contributed by atoms with Gasteiger partial charge in [-0.1, -0.05) is 30.3 Å². The summed E-state index contributed by atoms with van der Waals surface area (Å²) in [6.07, 6.45) is 1.02. The number of anilines is 1. The van der Waals surface area contributed by atoms with Crippen LogP contribution < -0.4 is 15.4 Å². The lowest BCUT2D eigenvalue weighted by Gasteiger charge is -2.29. The number of benzene rings is 2. The molecule has 2 aromatic carbocycles. The molecule has 2 rings (SSSR count). The van der Waals surface area contributed by atoms with Crippen LogP contribution in [0.15, 0.2) is 54.6 Å². The van der Waals surface area contributed by atoms with Gasteiger partial charge in [0.1, 0.15) is 5.75 Å². The molecular formula is C20H29N3O. The Morgan fingerprint density at radius 2 is 1.75 bits per heavy atom. The quantitative estimate of drug-likeness (QED) is 0.719. The number of hydrogen-bond donors (Lipinski definition) is 1. The zero-order valence-electron chi connectivity index (χ0n) is 15.0. The highest BCUT2D eigenvalue weighted by molar-refractivity contribution is 5.48. The van der Waals surface area contributed by atoms with Crippen molar-refractivity contribution in [2.24, 2.45) is 5.73 Å².